The third-order valence-corrected chi connectivity index (χ3v) is 2.77. The number of hydrogen-bond acceptors (Lipinski definition) is 1. The van der Waals surface area contributed by atoms with Crippen LogP contribution in [-0.2, 0) is 0 Å². The Balaban J connectivity index is 2.26. The van der Waals surface area contributed by atoms with E-state index in [0.717, 1.165) is 6.42 Å². The minimum Gasteiger partial charge on any atom is -0.335 e. The van der Waals surface area contributed by atoms with E-state index in [1.165, 1.54) is 0 Å². The Morgan fingerprint density at radius 1 is 1.38 bits per heavy atom. The van der Waals surface area contributed by atoms with Gasteiger partial charge in [-0.15, -0.1) is 0 Å². The summed E-state index contributed by atoms with van der Waals surface area (Å²) in [6, 6.07) is 4.93. The van der Waals surface area contributed by atoms with Gasteiger partial charge in [0.1, 0.15) is 5.82 Å². The molecule has 0 aromatic heterocycles. The van der Waals surface area contributed by atoms with Crippen molar-refractivity contribution in [3.8, 4) is 0 Å². The molecule has 2 nitrogen and oxygen atoms in total. The molecule has 1 aliphatic heterocycles. The highest BCUT2D eigenvalue weighted by Crippen LogP contribution is 2.15. The molecule has 1 amide bonds. The van der Waals surface area contributed by atoms with Crippen molar-refractivity contribution < 1.29 is 9.18 Å². The second-order valence-corrected chi connectivity index (χ2v) is 3.95. The lowest BCUT2D eigenvalue weighted by molar-refractivity contribution is 0.0766. The van der Waals surface area contributed by atoms with Crippen molar-refractivity contribution >= 4 is 5.91 Å². The quantitative estimate of drug-likeness (QED) is 0.665. The van der Waals surface area contributed by atoms with Crippen molar-refractivity contribution in [2.75, 3.05) is 13.1 Å². The number of halogens is 1. The SMILES string of the molecule is Cc1cccc(C(=O)N2CC=CCC2)c1F. The summed E-state index contributed by atoms with van der Waals surface area (Å²) in [4.78, 5) is 13.7. The van der Waals surface area contributed by atoms with Crippen LogP contribution in [0, 0.1) is 12.7 Å². The molecule has 1 aromatic rings. The molecule has 0 bridgehead atoms. The monoisotopic (exact) mass is 219 g/mol. The normalized spacial score (nSPS) is 15.2. The number of rotatable bonds is 1. The maximum Gasteiger partial charge on any atom is 0.257 e. The molecule has 3 heteroatoms. The Hall–Kier alpha value is -1.64. The van der Waals surface area contributed by atoms with Crippen molar-refractivity contribution in [3.63, 3.8) is 0 Å². The maximum atomic E-state index is 13.7. The van der Waals surface area contributed by atoms with E-state index in [-0.39, 0.29) is 11.5 Å². The molecule has 0 radical (unpaired) electrons. The van der Waals surface area contributed by atoms with Gasteiger partial charge in [0.05, 0.1) is 5.56 Å². The number of hydrogen-bond donors (Lipinski definition) is 0. The van der Waals surface area contributed by atoms with E-state index in [2.05, 4.69) is 0 Å². The van der Waals surface area contributed by atoms with Crippen LogP contribution in [-0.4, -0.2) is 23.9 Å². The summed E-state index contributed by atoms with van der Waals surface area (Å²) in [5, 5.41) is 0. The lowest BCUT2D eigenvalue weighted by Crippen LogP contribution is -2.34. The third kappa shape index (κ3) is 1.98. The predicted molar refractivity (Wildman–Crippen MR) is 60.8 cm³/mol. The van der Waals surface area contributed by atoms with Crippen molar-refractivity contribution in [1.29, 1.82) is 0 Å². The molecule has 0 fully saturated rings. The number of benzene rings is 1. The Bertz CT molecular complexity index is 440. The van der Waals surface area contributed by atoms with Crippen molar-refractivity contribution in [1.82, 2.24) is 4.90 Å². The molecule has 0 saturated heterocycles. The summed E-state index contributed by atoms with van der Waals surface area (Å²) >= 11 is 0. The van der Waals surface area contributed by atoms with Gasteiger partial charge in [0.2, 0.25) is 0 Å². The largest absolute Gasteiger partial charge is 0.335 e. The first-order valence-corrected chi connectivity index (χ1v) is 5.39. The summed E-state index contributed by atoms with van der Waals surface area (Å²) in [5.41, 5.74) is 0.689. The molecular weight excluding hydrogens is 205 g/mol. The third-order valence-electron chi connectivity index (χ3n) is 2.77. The second-order valence-electron chi connectivity index (χ2n) is 3.95. The van der Waals surface area contributed by atoms with Crippen LogP contribution in [0.5, 0.6) is 0 Å². The van der Waals surface area contributed by atoms with Gasteiger partial charge in [-0.05, 0) is 25.0 Å². The van der Waals surface area contributed by atoms with Crippen LogP contribution in [0.25, 0.3) is 0 Å². The summed E-state index contributed by atoms with van der Waals surface area (Å²) < 4.78 is 13.7. The van der Waals surface area contributed by atoms with Crippen LogP contribution in [0.15, 0.2) is 30.4 Å². The molecule has 2 rings (SSSR count). The Morgan fingerprint density at radius 3 is 2.88 bits per heavy atom. The molecule has 0 spiro atoms. The van der Waals surface area contributed by atoms with Crippen LogP contribution in [0.2, 0.25) is 0 Å². The van der Waals surface area contributed by atoms with Crippen LogP contribution in [0.1, 0.15) is 22.3 Å². The first kappa shape index (κ1) is 10.9. The van der Waals surface area contributed by atoms with E-state index in [4.69, 9.17) is 0 Å². The van der Waals surface area contributed by atoms with E-state index >= 15 is 0 Å². The molecule has 84 valence electrons. The average molecular weight is 219 g/mol. The zero-order valence-electron chi connectivity index (χ0n) is 9.24. The van der Waals surface area contributed by atoms with Gasteiger partial charge in [-0.2, -0.15) is 0 Å². The summed E-state index contributed by atoms with van der Waals surface area (Å²) in [5.74, 6) is -0.618. The number of nitrogens with zero attached hydrogens (tertiary/aromatic N) is 1. The molecule has 1 aromatic carbocycles. The van der Waals surface area contributed by atoms with Gasteiger partial charge in [0.25, 0.3) is 5.91 Å². The van der Waals surface area contributed by atoms with Gasteiger partial charge in [0.15, 0.2) is 0 Å². The molecule has 0 unspecified atom stereocenters. The topological polar surface area (TPSA) is 20.3 Å². The number of aryl methyl sites for hydroxylation is 1. The van der Waals surface area contributed by atoms with Crippen LogP contribution < -0.4 is 0 Å². The highest BCUT2D eigenvalue weighted by Gasteiger charge is 2.19. The molecular formula is C13H14FNO. The molecule has 0 N–H and O–H groups in total. The minimum atomic E-state index is -0.401. The molecule has 16 heavy (non-hydrogen) atoms. The second kappa shape index (κ2) is 4.47. The Morgan fingerprint density at radius 2 is 2.19 bits per heavy atom. The highest BCUT2D eigenvalue weighted by molar-refractivity contribution is 5.94. The van der Waals surface area contributed by atoms with Gasteiger partial charge < -0.3 is 4.90 Å². The van der Waals surface area contributed by atoms with Crippen molar-refractivity contribution in [2.24, 2.45) is 0 Å². The Labute approximate surface area is 94.4 Å². The smallest absolute Gasteiger partial charge is 0.257 e. The molecule has 0 atom stereocenters. The van der Waals surface area contributed by atoms with E-state index in [9.17, 15) is 9.18 Å². The fraction of sp³-hybridized carbons (Fsp3) is 0.308. The fourth-order valence-corrected chi connectivity index (χ4v) is 1.81. The summed E-state index contributed by atoms with van der Waals surface area (Å²) in [6.45, 7) is 2.91. The molecule has 1 aliphatic rings. The first-order valence-electron chi connectivity index (χ1n) is 5.39. The van der Waals surface area contributed by atoms with Gasteiger partial charge >= 0.3 is 0 Å². The zero-order chi connectivity index (χ0) is 11.5. The summed E-state index contributed by atoms with van der Waals surface area (Å²) in [7, 11) is 0. The summed E-state index contributed by atoms with van der Waals surface area (Å²) in [6.07, 6.45) is 4.82. The van der Waals surface area contributed by atoms with E-state index in [1.54, 1.807) is 30.0 Å². The van der Waals surface area contributed by atoms with Crippen LogP contribution >= 0.6 is 0 Å². The first-order chi connectivity index (χ1) is 7.70. The van der Waals surface area contributed by atoms with E-state index in [0.29, 0.717) is 18.7 Å². The van der Waals surface area contributed by atoms with Gasteiger partial charge in [-0.1, -0.05) is 24.3 Å². The van der Waals surface area contributed by atoms with Gasteiger partial charge in [-0.25, -0.2) is 4.39 Å². The highest BCUT2D eigenvalue weighted by atomic mass is 19.1. The minimum absolute atomic E-state index is 0.176. The van der Waals surface area contributed by atoms with Gasteiger partial charge in [0, 0.05) is 13.1 Å². The van der Waals surface area contributed by atoms with Crippen molar-refractivity contribution in [3.05, 3.63) is 47.3 Å². The predicted octanol–water partition coefficient (Wildman–Crippen LogP) is 2.54. The zero-order valence-corrected chi connectivity index (χ0v) is 9.24. The van der Waals surface area contributed by atoms with E-state index in [1.807, 2.05) is 12.2 Å². The molecule has 0 saturated carbocycles. The van der Waals surface area contributed by atoms with Crippen LogP contribution in [0.4, 0.5) is 4.39 Å². The fourth-order valence-electron chi connectivity index (χ4n) is 1.81. The van der Waals surface area contributed by atoms with Crippen molar-refractivity contribution in [2.45, 2.75) is 13.3 Å². The molecule has 0 aliphatic carbocycles. The van der Waals surface area contributed by atoms with Crippen LogP contribution in [0.3, 0.4) is 0 Å². The average Bonchev–Trinajstić information content (AvgIpc) is 2.33. The number of carbonyl (C=O) groups is 1. The number of amides is 1. The standard InChI is InChI=1S/C13H14FNO/c1-10-6-5-7-11(12(10)14)13(16)15-8-3-2-4-9-15/h2-3,5-7H,4,8-9H2,1H3. The Kier molecular flexibility index (Phi) is 3.04. The van der Waals surface area contributed by atoms with E-state index < -0.39 is 5.82 Å². The number of carbonyl (C=O) groups excluding carboxylic acids is 1. The molecule has 1 heterocycles. The maximum absolute atomic E-state index is 13.7. The lowest BCUT2D eigenvalue weighted by atomic mass is 10.1. The van der Waals surface area contributed by atoms with Gasteiger partial charge in [-0.3, -0.25) is 4.79 Å². The lowest BCUT2D eigenvalue weighted by Gasteiger charge is -2.23.